The Balaban J connectivity index is 3.22. The molecular weight excluding hydrogens is 260 g/mol. The summed E-state index contributed by atoms with van der Waals surface area (Å²) in [6, 6.07) is 1.66. The first kappa shape index (κ1) is 14.1. The Morgan fingerprint density at radius 2 is 2.17 bits per heavy atom. The molecule has 1 heterocycles. The van der Waals surface area contributed by atoms with Gasteiger partial charge in [0.15, 0.2) is 0 Å². The predicted molar refractivity (Wildman–Crippen MR) is 60.1 cm³/mol. The van der Waals surface area contributed by atoms with Gasteiger partial charge >= 0.3 is 5.97 Å². The number of aryl methyl sites for hydroxylation is 1. The summed E-state index contributed by atoms with van der Waals surface area (Å²) in [6.07, 6.45) is 0. The number of nitrogens with one attached hydrogen (secondary N) is 1. The molecule has 0 spiro atoms. The Labute approximate surface area is 104 Å². The molecule has 0 amide bonds. The summed E-state index contributed by atoms with van der Waals surface area (Å²) in [4.78, 5) is 10.5. The molecule has 0 atom stereocenters. The fourth-order valence-electron chi connectivity index (χ4n) is 1.55. The topological polar surface area (TPSA) is 125 Å². The van der Waals surface area contributed by atoms with Gasteiger partial charge in [0.05, 0.1) is 24.0 Å². The van der Waals surface area contributed by atoms with E-state index in [0.717, 1.165) is 4.68 Å². The summed E-state index contributed by atoms with van der Waals surface area (Å²) >= 11 is 0. The molecule has 0 unspecified atom stereocenters. The van der Waals surface area contributed by atoms with Gasteiger partial charge in [-0.2, -0.15) is 15.1 Å². The van der Waals surface area contributed by atoms with Crippen molar-refractivity contribution in [2.75, 3.05) is 6.54 Å². The molecule has 0 bridgehead atoms. The number of nitrogens with zero attached hydrogens (tertiary/aromatic N) is 3. The van der Waals surface area contributed by atoms with Crippen molar-refractivity contribution < 1.29 is 18.3 Å². The lowest BCUT2D eigenvalue weighted by molar-refractivity contribution is -0.137. The molecule has 9 heteroatoms. The van der Waals surface area contributed by atoms with Crippen LogP contribution >= 0.6 is 0 Å². The first-order chi connectivity index (χ1) is 8.29. The van der Waals surface area contributed by atoms with Crippen LogP contribution in [0.3, 0.4) is 0 Å². The second-order valence-corrected chi connectivity index (χ2v) is 5.24. The van der Waals surface area contributed by atoms with Gasteiger partial charge in [-0.15, -0.1) is 0 Å². The number of rotatable bonds is 5. The second kappa shape index (κ2) is 5.16. The van der Waals surface area contributed by atoms with Crippen molar-refractivity contribution in [3.63, 3.8) is 0 Å². The number of hydrogen-bond acceptors (Lipinski definition) is 5. The quantitative estimate of drug-likeness (QED) is 0.688. The molecule has 1 aromatic heterocycles. The van der Waals surface area contributed by atoms with E-state index in [1.54, 1.807) is 6.07 Å². The number of hydrogen-bond donors (Lipinski definition) is 2. The zero-order valence-corrected chi connectivity index (χ0v) is 10.7. The third-order valence-corrected chi connectivity index (χ3v) is 3.86. The number of sulfonamides is 1. The lowest BCUT2D eigenvalue weighted by Gasteiger charge is -2.04. The van der Waals surface area contributed by atoms with Gasteiger partial charge in [-0.1, -0.05) is 0 Å². The van der Waals surface area contributed by atoms with Gasteiger partial charge in [0, 0.05) is 0 Å². The molecule has 98 valence electrons. The summed E-state index contributed by atoms with van der Waals surface area (Å²) in [5.74, 6) is -1.12. The van der Waals surface area contributed by atoms with Crippen LogP contribution in [0.4, 0.5) is 0 Å². The summed E-state index contributed by atoms with van der Waals surface area (Å²) in [6.45, 7) is 2.15. The van der Waals surface area contributed by atoms with Crippen LogP contribution in [-0.2, 0) is 21.4 Å². The van der Waals surface area contributed by atoms with E-state index in [1.165, 1.54) is 13.8 Å². The van der Waals surface area contributed by atoms with E-state index in [-0.39, 0.29) is 22.8 Å². The van der Waals surface area contributed by atoms with Gasteiger partial charge in [0.1, 0.15) is 11.4 Å². The first-order valence-electron chi connectivity index (χ1n) is 4.92. The molecule has 0 fully saturated rings. The average molecular weight is 272 g/mol. The molecule has 0 aromatic carbocycles. The minimum atomic E-state index is -3.85. The standard InChI is InChI=1S/C9H12N4O4S/c1-6-9(18(16,17)11-4-3-10)7(2)13(12-6)5-8(14)15/h11H,4-5H2,1-2H3,(H,14,15). The lowest BCUT2D eigenvalue weighted by atomic mass is 10.4. The van der Waals surface area contributed by atoms with Crippen LogP contribution in [-0.4, -0.2) is 35.8 Å². The van der Waals surface area contributed by atoms with Crippen LogP contribution in [0.25, 0.3) is 0 Å². The highest BCUT2D eigenvalue weighted by Crippen LogP contribution is 2.18. The number of carbonyl (C=O) groups is 1. The van der Waals surface area contributed by atoms with E-state index in [9.17, 15) is 13.2 Å². The maximum Gasteiger partial charge on any atom is 0.325 e. The maximum absolute atomic E-state index is 11.9. The van der Waals surface area contributed by atoms with E-state index < -0.39 is 22.5 Å². The molecule has 0 aliphatic rings. The zero-order valence-electron chi connectivity index (χ0n) is 9.84. The summed E-state index contributed by atoms with van der Waals surface area (Å²) in [5, 5.41) is 20.9. The normalized spacial score (nSPS) is 11.2. The molecule has 18 heavy (non-hydrogen) atoms. The van der Waals surface area contributed by atoms with Crippen LogP contribution in [0.5, 0.6) is 0 Å². The highest BCUT2D eigenvalue weighted by atomic mass is 32.2. The lowest BCUT2D eigenvalue weighted by Crippen LogP contribution is -2.25. The molecule has 0 aliphatic carbocycles. The Kier molecular flexibility index (Phi) is 4.05. The van der Waals surface area contributed by atoms with Crippen LogP contribution in [0.1, 0.15) is 11.4 Å². The van der Waals surface area contributed by atoms with Gasteiger partial charge in [0.25, 0.3) is 0 Å². The fourth-order valence-corrected chi connectivity index (χ4v) is 2.87. The largest absolute Gasteiger partial charge is 0.480 e. The van der Waals surface area contributed by atoms with Crippen molar-refractivity contribution in [1.82, 2.24) is 14.5 Å². The first-order valence-corrected chi connectivity index (χ1v) is 6.40. The minimum Gasteiger partial charge on any atom is -0.480 e. The highest BCUT2D eigenvalue weighted by Gasteiger charge is 2.24. The highest BCUT2D eigenvalue weighted by molar-refractivity contribution is 7.89. The third kappa shape index (κ3) is 2.85. The van der Waals surface area contributed by atoms with E-state index in [4.69, 9.17) is 10.4 Å². The van der Waals surface area contributed by atoms with Gasteiger partial charge in [-0.05, 0) is 13.8 Å². The van der Waals surface area contributed by atoms with E-state index >= 15 is 0 Å². The molecule has 0 saturated heterocycles. The summed E-state index contributed by atoms with van der Waals surface area (Å²) in [7, 11) is -3.85. The summed E-state index contributed by atoms with van der Waals surface area (Å²) in [5.41, 5.74) is 0.416. The maximum atomic E-state index is 11.9. The number of aromatic nitrogens is 2. The number of carboxylic acids is 1. The average Bonchev–Trinajstić information content (AvgIpc) is 2.51. The third-order valence-electron chi connectivity index (χ3n) is 2.21. The molecule has 1 aromatic rings. The van der Waals surface area contributed by atoms with Crippen molar-refractivity contribution in [3.8, 4) is 6.07 Å². The molecular formula is C9H12N4O4S. The van der Waals surface area contributed by atoms with Crippen molar-refractivity contribution >= 4 is 16.0 Å². The van der Waals surface area contributed by atoms with Crippen molar-refractivity contribution in [2.24, 2.45) is 0 Å². The monoisotopic (exact) mass is 272 g/mol. The Morgan fingerprint density at radius 3 is 2.67 bits per heavy atom. The molecule has 8 nitrogen and oxygen atoms in total. The van der Waals surface area contributed by atoms with E-state index in [1.807, 2.05) is 0 Å². The van der Waals surface area contributed by atoms with Crippen molar-refractivity contribution in [3.05, 3.63) is 11.4 Å². The van der Waals surface area contributed by atoms with Crippen LogP contribution in [0, 0.1) is 25.2 Å². The van der Waals surface area contributed by atoms with E-state index in [2.05, 4.69) is 9.82 Å². The Morgan fingerprint density at radius 1 is 1.56 bits per heavy atom. The van der Waals surface area contributed by atoms with Crippen LogP contribution < -0.4 is 4.72 Å². The predicted octanol–water partition coefficient (Wildman–Crippen LogP) is -0.614. The Bertz CT molecular complexity index is 611. The number of carboxylic acid groups (broad SMARTS) is 1. The SMILES string of the molecule is Cc1nn(CC(=O)O)c(C)c1S(=O)(=O)NCC#N. The second-order valence-electron chi connectivity index (χ2n) is 3.53. The molecule has 0 radical (unpaired) electrons. The van der Waals surface area contributed by atoms with Crippen molar-refractivity contribution in [1.29, 1.82) is 5.26 Å². The van der Waals surface area contributed by atoms with Crippen molar-refractivity contribution in [2.45, 2.75) is 25.3 Å². The fraction of sp³-hybridized carbons (Fsp3) is 0.444. The van der Waals surface area contributed by atoms with Crippen LogP contribution in [0.15, 0.2) is 4.90 Å². The van der Waals surface area contributed by atoms with E-state index in [0.29, 0.717) is 0 Å². The molecule has 1 rings (SSSR count). The van der Waals surface area contributed by atoms with Crippen LogP contribution in [0.2, 0.25) is 0 Å². The smallest absolute Gasteiger partial charge is 0.325 e. The molecule has 0 aliphatic heterocycles. The zero-order chi connectivity index (χ0) is 13.9. The molecule has 2 N–H and O–H groups in total. The minimum absolute atomic E-state index is 0.0843. The van der Waals surface area contributed by atoms with Gasteiger partial charge in [-0.25, -0.2) is 8.42 Å². The van der Waals surface area contributed by atoms with Gasteiger partial charge in [-0.3, -0.25) is 9.48 Å². The van der Waals surface area contributed by atoms with Gasteiger partial charge < -0.3 is 5.11 Å². The summed E-state index contributed by atoms with van der Waals surface area (Å²) < 4.78 is 26.9. The Hall–Kier alpha value is -1.92. The number of aliphatic carboxylic acids is 1. The number of nitriles is 1. The molecule has 0 saturated carbocycles. The van der Waals surface area contributed by atoms with Gasteiger partial charge in [0.2, 0.25) is 10.0 Å².